The fraction of sp³-hybridized carbons (Fsp3) is 0.811. The van der Waals surface area contributed by atoms with Crippen LogP contribution in [0.1, 0.15) is 252 Å². The van der Waals surface area contributed by atoms with Crippen molar-refractivity contribution in [1.29, 1.82) is 0 Å². The molecule has 0 aliphatic heterocycles. The first-order valence-electron chi connectivity index (χ1n) is 25.4. The van der Waals surface area contributed by atoms with Crippen LogP contribution in [0.25, 0.3) is 0 Å². The summed E-state index contributed by atoms with van der Waals surface area (Å²) in [6.07, 6.45) is 56.1. The van der Waals surface area contributed by atoms with Crippen LogP contribution in [0.2, 0.25) is 0 Å². The van der Waals surface area contributed by atoms with Gasteiger partial charge in [-0.25, -0.2) is 0 Å². The number of carbonyl (C=O) groups excluding carboxylic acids is 2. The van der Waals surface area contributed by atoms with Crippen molar-refractivity contribution in [1.82, 2.24) is 5.32 Å². The van der Waals surface area contributed by atoms with Crippen molar-refractivity contribution >= 4 is 11.9 Å². The summed E-state index contributed by atoms with van der Waals surface area (Å²) in [4.78, 5) is 26.1. The van der Waals surface area contributed by atoms with Crippen LogP contribution in [0.15, 0.2) is 48.6 Å². The van der Waals surface area contributed by atoms with Crippen molar-refractivity contribution in [3.8, 4) is 0 Å². The van der Waals surface area contributed by atoms with Gasteiger partial charge in [0.25, 0.3) is 0 Å². The number of aliphatic hydroxyl groups excluding tert-OH is 2. The Bertz CT molecular complexity index is 1020. The Hall–Kier alpha value is -2.18. The zero-order valence-electron chi connectivity index (χ0n) is 39.1. The predicted octanol–water partition coefficient (Wildman–Crippen LogP) is 15.1. The van der Waals surface area contributed by atoms with Gasteiger partial charge in [-0.3, -0.25) is 9.59 Å². The maximum Gasteiger partial charge on any atom is 0.306 e. The largest absolute Gasteiger partial charge is 0.462 e. The van der Waals surface area contributed by atoms with Crippen molar-refractivity contribution in [2.24, 2.45) is 0 Å². The van der Waals surface area contributed by atoms with E-state index in [0.717, 1.165) is 77.0 Å². The number of hydrogen-bond acceptors (Lipinski definition) is 5. The van der Waals surface area contributed by atoms with Crippen LogP contribution in [0, 0.1) is 0 Å². The van der Waals surface area contributed by atoms with Gasteiger partial charge in [-0.05, 0) is 57.8 Å². The summed E-state index contributed by atoms with van der Waals surface area (Å²) in [5.74, 6) is -0.522. The van der Waals surface area contributed by atoms with E-state index in [1.165, 1.54) is 128 Å². The molecule has 3 unspecified atom stereocenters. The van der Waals surface area contributed by atoms with E-state index in [0.29, 0.717) is 19.3 Å². The van der Waals surface area contributed by atoms with Crippen LogP contribution in [0.5, 0.6) is 0 Å². The summed E-state index contributed by atoms with van der Waals surface area (Å²) < 4.78 is 5.90. The lowest BCUT2D eigenvalue weighted by atomic mass is 10.0. The Morgan fingerprint density at radius 2 is 0.915 bits per heavy atom. The smallest absolute Gasteiger partial charge is 0.306 e. The summed E-state index contributed by atoms with van der Waals surface area (Å²) in [6, 6.07) is -0.716. The fourth-order valence-electron chi connectivity index (χ4n) is 7.60. The Balaban J connectivity index is 4.60. The zero-order valence-corrected chi connectivity index (χ0v) is 39.1. The Kier molecular flexibility index (Phi) is 45.1. The Morgan fingerprint density at radius 1 is 0.508 bits per heavy atom. The highest BCUT2D eigenvalue weighted by Gasteiger charge is 2.24. The average molecular weight is 828 g/mol. The number of carbonyl (C=O) groups is 2. The summed E-state index contributed by atoms with van der Waals surface area (Å²) in [5, 5.41) is 23.6. The van der Waals surface area contributed by atoms with Crippen LogP contribution in [-0.2, 0) is 14.3 Å². The molecule has 0 bridgehead atoms. The van der Waals surface area contributed by atoms with Gasteiger partial charge in [-0.1, -0.05) is 230 Å². The van der Waals surface area contributed by atoms with Gasteiger partial charge in [0.1, 0.15) is 6.10 Å². The number of aliphatic hydroxyl groups is 2. The minimum atomic E-state index is -0.799. The third-order valence-corrected chi connectivity index (χ3v) is 11.4. The second kappa shape index (κ2) is 46.9. The quantitative estimate of drug-likeness (QED) is 0.0323. The van der Waals surface area contributed by atoms with Crippen molar-refractivity contribution in [2.45, 2.75) is 270 Å². The first-order chi connectivity index (χ1) is 29.0. The molecule has 0 saturated heterocycles. The number of nitrogens with one attached hydrogen (secondary N) is 1. The molecule has 0 aliphatic carbocycles. The first-order valence-corrected chi connectivity index (χ1v) is 25.4. The van der Waals surface area contributed by atoms with Crippen LogP contribution in [0.3, 0.4) is 0 Å². The van der Waals surface area contributed by atoms with Gasteiger partial charge in [0.15, 0.2) is 0 Å². The number of ether oxygens (including phenoxy) is 1. The van der Waals surface area contributed by atoms with E-state index in [4.69, 9.17) is 4.74 Å². The van der Waals surface area contributed by atoms with E-state index in [-0.39, 0.29) is 24.9 Å². The first kappa shape index (κ1) is 56.8. The number of hydrogen-bond donors (Lipinski definition) is 3. The minimum Gasteiger partial charge on any atom is -0.462 e. The lowest BCUT2D eigenvalue weighted by Gasteiger charge is -2.24. The van der Waals surface area contributed by atoms with E-state index in [9.17, 15) is 19.8 Å². The monoisotopic (exact) mass is 828 g/mol. The zero-order chi connectivity index (χ0) is 43.1. The summed E-state index contributed by atoms with van der Waals surface area (Å²) >= 11 is 0. The van der Waals surface area contributed by atoms with E-state index in [1.54, 1.807) is 0 Å². The molecular weight excluding hydrogens is 731 g/mol. The summed E-state index contributed by atoms with van der Waals surface area (Å²) in [5.41, 5.74) is 0. The maximum absolute atomic E-state index is 13.2. The molecule has 0 rings (SSSR count). The number of allylic oxidation sites excluding steroid dienone is 8. The van der Waals surface area contributed by atoms with Crippen LogP contribution in [0.4, 0.5) is 0 Å². The molecular formula is C53H97NO5. The van der Waals surface area contributed by atoms with Crippen LogP contribution < -0.4 is 5.32 Å². The lowest BCUT2D eigenvalue weighted by Crippen LogP contribution is -2.46. The van der Waals surface area contributed by atoms with E-state index in [1.807, 2.05) is 0 Å². The van der Waals surface area contributed by atoms with Crippen molar-refractivity contribution < 1.29 is 24.5 Å². The van der Waals surface area contributed by atoms with Crippen LogP contribution >= 0.6 is 0 Å². The fourth-order valence-corrected chi connectivity index (χ4v) is 7.60. The SMILES string of the molecule is CC/C=C/C/C=C/C/C=C/C/C=C/CCCC(CC(=O)NC(CO)C(O)CCCCCCCCCCC)OC(=O)CCCCCCCCCCCCCCCCCCC. The number of amides is 1. The van der Waals surface area contributed by atoms with Gasteiger partial charge in [0.2, 0.25) is 5.91 Å². The normalized spacial score (nSPS) is 13.6. The van der Waals surface area contributed by atoms with Gasteiger partial charge in [-0.2, -0.15) is 0 Å². The van der Waals surface area contributed by atoms with Gasteiger partial charge in [-0.15, -0.1) is 0 Å². The number of esters is 1. The summed E-state index contributed by atoms with van der Waals surface area (Å²) in [7, 11) is 0. The van der Waals surface area contributed by atoms with Gasteiger partial charge in [0.05, 0.1) is 25.2 Å². The number of unbranched alkanes of at least 4 members (excludes halogenated alkanes) is 25. The second-order valence-electron chi connectivity index (χ2n) is 17.2. The molecule has 0 aromatic carbocycles. The Labute approximate surface area is 366 Å². The molecule has 3 atom stereocenters. The molecule has 6 nitrogen and oxygen atoms in total. The van der Waals surface area contributed by atoms with Gasteiger partial charge in [0, 0.05) is 6.42 Å². The van der Waals surface area contributed by atoms with Crippen LogP contribution in [-0.4, -0.2) is 46.9 Å². The summed E-state index contributed by atoms with van der Waals surface area (Å²) in [6.45, 7) is 6.34. The third-order valence-electron chi connectivity index (χ3n) is 11.4. The van der Waals surface area contributed by atoms with Crippen molar-refractivity contribution in [3.05, 3.63) is 48.6 Å². The molecule has 0 aromatic rings. The molecule has 0 radical (unpaired) electrons. The van der Waals surface area contributed by atoms with E-state index < -0.39 is 18.2 Å². The highest BCUT2D eigenvalue weighted by atomic mass is 16.5. The molecule has 0 aromatic heterocycles. The molecule has 3 N–H and O–H groups in total. The maximum atomic E-state index is 13.2. The molecule has 0 heterocycles. The van der Waals surface area contributed by atoms with E-state index in [2.05, 4.69) is 74.7 Å². The van der Waals surface area contributed by atoms with E-state index >= 15 is 0 Å². The molecule has 1 amide bonds. The lowest BCUT2D eigenvalue weighted by molar-refractivity contribution is -0.151. The average Bonchev–Trinajstić information content (AvgIpc) is 3.23. The topological polar surface area (TPSA) is 95.9 Å². The minimum absolute atomic E-state index is 0.0419. The second-order valence-corrected chi connectivity index (χ2v) is 17.2. The highest BCUT2D eigenvalue weighted by molar-refractivity contribution is 5.77. The third kappa shape index (κ3) is 42.3. The molecule has 0 saturated carbocycles. The van der Waals surface area contributed by atoms with Crippen molar-refractivity contribution in [3.63, 3.8) is 0 Å². The van der Waals surface area contributed by atoms with Gasteiger partial charge < -0.3 is 20.3 Å². The predicted molar refractivity (Wildman–Crippen MR) is 255 cm³/mol. The standard InChI is InChI=1S/C53H97NO5/c1-4-7-10-13-16-19-21-23-25-26-27-29-31-34-37-40-43-46-53(58)59-49(44-41-38-35-33-30-28-24-22-20-17-14-11-8-5-2)47-52(57)54-50(48-55)51(56)45-42-39-36-32-18-15-12-9-6-3/h8,11,17,20,24,28,33,35,49-51,55-56H,4-7,9-10,12-16,18-19,21-23,25-27,29-32,34,36-48H2,1-3H3,(H,54,57)/b11-8+,20-17+,28-24+,35-33+. The molecule has 6 heteroatoms. The highest BCUT2D eigenvalue weighted by Crippen LogP contribution is 2.17. The van der Waals surface area contributed by atoms with Crippen molar-refractivity contribution in [2.75, 3.05) is 6.61 Å². The molecule has 0 spiro atoms. The molecule has 59 heavy (non-hydrogen) atoms. The molecule has 0 aliphatic rings. The molecule has 344 valence electrons. The number of rotatable bonds is 45. The van der Waals surface area contributed by atoms with Gasteiger partial charge >= 0.3 is 5.97 Å². The Morgan fingerprint density at radius 3 is 1.36 bits per heavy atom. The molecule has 0 fully saturated rings.